The minimum absolute atomic E-state index is 0.262. The number of rotatable bonds is 5. The van der Waals surface area contributed by atoms with Crippen molar-refractivity contribution in [3.63, 3.8) is 0 Å². The molecule has 0 atom stereocenters. The van der Waals surface area contributed by atoms with E-state index in [0.29, 0.717) is 13.1 Å². The normalized spacial score (nSPS) is 17.4. The highest BCUT2D eigenvalue weighted by Crippen LogP contribution is 2.43. The Morgan fingerprint density at radius 2 is 2.00 bits per heavy atom. The maximum Gasteiger partial charge on any atom is 0.159 e. The van der Waals surface area contributed by atoms with E-state index in [1.54, 1.807) is 6.07 Å². The highest BCUT2D eigenvalue weighted by Gasteiger charge is 2.40. The van der Waals surface area contributed by atoms with Gasteiger partial charge in [-0.2, -0.15) is 0 Å². The molecule has 0 unspecified atom stereocenters. The van der Waals surface area contributed by atoms with Crippen LogP contribution >= 0.6 is 0 Å². The van der Waals surface area contributed by atoms with Crippen LogP contribution in [0.25, 0.3) is 0 Å². The first kappa shape index (κ1) is 11.5. The fourth-order valence-corrected chi connectivity index (χ4v) is 1.75. The quantitative estimate of drug-likeness (QED) is 0.803. The van der Waals surface area contributed by atoms with Gasteiger partial charge in [0.2, 0.25) is 0 Å². The maximum absolute atomic E-state index is 12.9. The molecule has 3 N–H and O–H groups in total. The van der Waals surface area contributed by atoms with Crippen molar-refractivity contribution in [2.75, 3.05) is 13.1 Å². The summed E-state index contributed by atoms with van der Waals surface area (Å²) < 4.78 is 25.6. The molecule has 4 heteroatoms. The Hall–Kier alpha value is -1.00. The number of hydrogen-bond donors (Lipinski definition) is 2. The zero-order valence-corrected chi connectivity index (χ0v) is 9.10. The molecule has 88 valence electrons. The van der Waals surface area contributed by atoms with Gasteiger partial charge in [0.05, 0.1) is 0 Å². The zero-order chi connectivity index (χ0) is 11.6. The van der Waals surface area contributed by atoms with Gasteiger partial charge in [-0.25, -0.2) is 8.78 Å². The molecule has 0 amide bonds. The smallest absolute Gasteiger partial charge is 0.159 e. The molecule has 2 nitrogen and oxygen atoms in total. The molecule has 1 aromatic rings. The van der Waals surface area contributed by atoms with Gasteiger partial charge in [-0.1, -0.05) is 6.07 Å². The highest BCUT2D eigenvalue weighted by molar-refractivity contribution is 5.17. The summed E-state index contributed by atoms with van der Waals surface area (Å²) in [5.74, 6) is -1.59. The van der Waals surface area contributed by atoms with Crippen molar-refractivity contribution in [1.82, 2.24) is 5.32 Å². The van der Waals surface area contributed by atoms with Crippen LogP contribution in [0.1, 0.15) is 18.4 Å². The molecule has 2 rings (SSSR count). The van der Waals surface area contributed by atoms with Gasteiger partial charge in [-0.3, -0.25) is 0 Å². The topological polar surface area (TPSA) is 38.0 Å². The van der Waals surface area contributed by atoms with Crippen LogP contribution in [0.3, 0.4) is 0 Å². The largest absolute Gasteiger partial charge is 0.330 e. The average molecular weight is 226 g/mol. The predicted molar refractivity (Wildman–Crippen MR) is 58.8 cm³/mol. The first-order chi connectivity index (χ1) is 7.65. The molecule has 0 aromatic heterocycles. The molecular formula is C12H16F2N2. The molecule has 1 fully saturated rings. The van der Waals surface area contributed by atoms with Crippen molar-refractivity contribution in [3.05, 3.63) is 35.4 Å². The van der Waals surface area contributed by atoms with Gasteiger partial charge in [0.1, 0.15) is 0 Å². The van der Waals surface area contributed by atoms with E-state index >= 15 is 0 Å². The van der Waals surface area contributed by atoms with Crippen molar-refractivity contribution in [1.29, 1.82) is 0 Å². The van der Waals surface area contributed by atoms with E-state index in [1.807, 2.05) is 0 Å². The lowest BCUT2D eigenvalue weighted by molar-refractivity contribution is 0.465. The van der Waals surface area contributed by atoms with Gasteiger partial charge < -0.3 is 11.1 Å². The summed E-state index contributed by atoms with van der Waals surface area (Å²) in [4.78, 5) is 0. The van der Waals surface area contributed by atoms with Crippen molar-refractivity contribution in [2.45, 2.75) is 19.4 Å². The van der Waals surface area contributed by atoms with Crippen LogP contribution in [0, 0.1) is 17.0 Å². The maximum atomic E-state index is 12.9. The van der Waals surface area contributed by atoms with Gasteiger partial charge in [0.15, 0.2) is 11.6 Å². The van der Waals surface area contributed by atoms with Crippen LogP contribution in [-0.4, -0.2) is 13.1 Å². The Balaban J connectivity index is 1.83. The van der Waals surface area contributed by atoms with Gasteiger partial charge in [0, 0.05) is 13.1 Å². The molecule has 0 aliphatic heterocycles. The molecule has 16 heavy (non-hydrogen) atoms. The van der Waals surface area contributed by atoms with E-state index in [2.05, 4.69) is 5.32 Å². The van der Waals surface area contributed by atoms with Crippen LogP contribution in [0.5, 0.6) is 0 Å². The number of benzene rings is 1. The molecule has 0 heterocycles. The summed E-state index contributed by atoms with van der Waals surface area (Å²) >= 11 is 0. The lowest BCUT2D eigenvalue weighted by Crippen LogP contribution is -2.29. The molecule has 0 saturated heterocycles. The van der Waals surface area contributed by atoms with Crippen LogP contribution in [0.15, 0.2) is 18.2 Å². The van der Waals surface area contributed by atoms with Crippen LogP contribution in [-0.2, 0) is 6.54 Å². The first-order valence-electron chi connectivity index (χ1n) is 5.50. The summed E-state index contributed by atoms with van der Waals surface area (Å²) in [7, 11) is 0. The number of halogens is 2. The summed E-state index contributed by atoms with van der Waals surface area (Å²) in [6, 6.07) is 3.97. The van der Waals surface area contributed by atoms with E-state index in [9.17, 15) is 8.78 Å². The monoisotopic (exact) mass is 226 g/mol. The Labute approximate surface area is 93.8 Å². The second-order valence-electron chi connectivity index (χ2n) is 4.56. The molecule has 0 spiro atoms. The fraction of sp³-hybridized carbons (Fsp3) is 0.500. The molecule has 1 aliphatic carbocycles. The number of nitrogens with one attached hydrogen (secondary N) is 1. The minimum Gasteiger partial charge on any atom is -0.330 e. The Morgan fingerprint density at radius 1 is 1.25 bits per heavy atom. The molecule has 0 radical (unpaired) electrons. The van der Waals surface area contributed by atoms with Gasteiger partial charge in [-0.05, 0) is 42.5 Å². The van der Waals surface area contributed by atoms with Gasteiger partial charge in [0.25, 0.3) is 0 Å². The lowest BCUT2D eigenvalue weighted by Gasteiger charge is -2.13. The third kappa shape index (κ3) is 2.57. The van der Waals surface area contributed by atoms with Crippen LogP contribution < -0.4 is 11.1 Å². The Morgan fingerprint density at radius 3 is 2.56 bits per heavy atom. The second kappa shape index (κ2) is 4.47. The molecule has 1 aromatic carbocycles. The second-order valence-corrected chi connectivity index (χ2v) is 4.56. The number of nitrogens with two attached hydrogens (primary N) is 1. The number of hydrogen-bond acceptors (Lipinski definition) is 2. The molecule has 0 bridgehead atoms. The van der Waals surface area contributed by atoms with Crippen molar-refractivity contribution >= 4 is 0 Å². The minimum atomic E-state index is -0.802. The zero-order valence-electron chi connectivity index (χ0n) is 9.10. The van der Waals surface area contributed by atoms with Gasteiger partial charge in [-0.15, -0.1) is 0 Å². The molecule has 1 aliphatic rings. The standard InChI is InChI=1S/C12H16F2N2/c13-10-2-1-9(5-11(10)14)6-16-8-12(7-15)3-4-12/h1-2,5,16H,3-4,6-8,15H2. The van der Waals surface area contributed by atoms with E-state index in [1.165, 1.54) is 6.07 Å². The van der Waals surface area contributed by atoms with Crippen LogP contribution in [0.4, 0.5) is 8.78 Å². The van der Waals surface area contributed by atoms with Gasteiger partial charge >= 0.3 is 0 Å². The third-order valence-corrected chi connectivity index (χ3v) is 3.20. The summed E-state index contributed by atoms with van der Waals surface area (Å²) in [5.41, 5.74) is 6.66. The summed E-state index contributed by atoms with van der Waals surface area (Å²) in [6.45, 7) is 2.10. The summed E-state index contributed by atoms with van der Waals surface area (Å²) in [5, 5.41) is 3.23. The Kier molecular flexibility index (Phi) is 3.21. The van der Waals surface area contributed by atoms with E-state index in [4.69, 9.17) is 5.73 Å². The molecule has 1 saturated carbocycles. The summed E-state index contributed by atoms with van der Waals surface area (Å²) in [6.07, 6.45) is 2.32. The third-order valence-electron chi connectivity index (χ3n) is 3.20. The highest BCUT2D eigenvalue weighted by atomic mass is 19.2. The van der Waals surface area contributed by atoms with E-state index < -0.39 is 11.6 Å². The van der Waals surface area contributed by atoms with E-state index in [0.717, 1.165) is 31.0 Å². The average Bonchev–Trinajstić information content (AvgIpc) is 3.04. The lowest BCUT2D eigenvalue weighted by atomic mass is 10.1. The van der Waals surface area contributed by atoms with Crippen molar-refractivity contribution < 1.29 is 8.78 Å². The van der Waals surface area contributed by atoms with E-state index in [-0.39, 0.29) is 5.41 Å². The predicted octanol–water partition coefficient (Wildman–Crippen LogP) is 1.79. The molecular weight excluding hydrogens is 210 g/mol. The van der Waals surface area contributed by atoms with Crippen LogP contribution in [0.2, 0.25) is 0 Å². The first-order valence-corrected chi connectivity index (χ1v) is 5.50. The fourth-order valence-electron chi connectivity index (χ4n) is 1.75. The van der Waals surface area contributed by atoms with Crippen molar-refractivity contribution in [3.8, 4) is 0 Å². The SMILES string of the molecule is NCC1(CNCc2ccc(F)c(F)c2)CC1. The van der Waals surface area contributed by atoms with Crippen molar-refractivity contribution in [2.24, 2.45) is 11.1 Å². The Bertz CT molecular complexity index is 375.